The number of hydrogen-bond acceptors (Lipinski definition) is 3. The molecule has 96 valence electrons. The lowest BCUT2D eigenvalue weighted by molar-refractivity contribution is 0.392. The van der Waals surface area contributed by atoms with Crippen molar-refractivity contribution in [1.82, 2.24) is 5.16 Å². The monoisotopic (exact) mass is 244 g/mol. The molecule has 0 amide bonds. The third kappa shape index (κ3) is 2.55. The summed E-state index contributed by atoms with van der Waals surface area (Å²) >= 11 is 0. The SMILES string of the molecule is Cc1noc(C)c1CNc1ccccc1C(C)C. The molecule has 0 aliphatic heterocycles. The topological polar surface area (TPSA) is 38.1 Å². The quantitative estimate of drug-likeness (QED) is 0.882. The molecule has 0 saturated carbocycles. The van der Waals surface area contributed by atoms with E-state index in [1.165, 1.54) is 11.3 Å². The summed E-state index contributed by atoms with van der Waals surface area (Å²) in [6, 6.07) is 8.42. The van der Waals surface area contributed by atoms with Crippen molar-refractivity contribution >= 4 is 5.69 Å². The Bertz CT molecular complexity index is 510. The van der Waals surface area contributed by atoms with Crippen LogP contribution in [0.3, 0.4) is 0 Å². The van der Waals surface area contributed by atoms with E-state index in [1.54, 1.807) is 0 Å². The predicted octanol–water partition coefficient (Wildman–Crippen LogP) is 4.03. The molecule has 0 aliphatic carbocycles. The van der Waals surface area contributed by atoms with Crippen LogP contribution in [-0.2, 0) is 6.54 Å². The zero-order valence-electron chi connectivity index (χ0n) is 11.4. The Balaban J connectivity index is 2.16. The Morgan fingerprint density at radius 2 is 1.94 bits per heavy atom. The van der Waals surface area contributed by atoms with E-state index in [1.807, 2.05) is 13.8 Å². The molecule has 1 aromatic carbocycles. The van der Waals surface area contributed by atoms with Gasteiger partial charge in [0.25, 0.3) is 0 Å². The molecular weight excluding hydrogens is 224 g/mol. The molecule has 0 atom stereocenters. The molecule has 0 spiro atoms. The van der Waals surface area contributed by atoms with Crippen LogP contribution >= 0.6 is 0 Å². The highest BCUT2D eigenvalue weighted by atomic mass is 16.5. The second-order valence-electron chi connectivity index (χ2n) is 4.90. The number of aryl methyl sites for hydroxylation is 2. The van der Waals surface area contributed by atoms with E-state index in [9.17, 15) is 0 Å². The van der Waals surface area contributed by atoms with Crippen LogP contribution < -0.4 is 5.32 Å². The average Bonchev–Trinajstić information content (AvgIpc) is 2.67. The molecule has 0 bridgehead atoms. The minimum absolute atomic E-state index is 0.512. The second kappa shape index (κ2) is 5.25. The van der Waals surface area contributed by atoms with E-state index in [2.05, 4.69) is 48.6 Å². The van der Waals surface area contributed by atoms with Crippen LogP contribution in [0.25, 0.3) is 0 Å². The van der Waals surface area contributed by atoms with Gasteiger partial charge in [-0.3, -0.25) is 0 Å². The van der Waals surface area contributed by atoms with E-state index in [0.717, 1.165) is 23.6 Å². The van der Waals surface area contributed by atoms with Crippen molar-refractivity contribution in [3.05, 3.63) is 46.8 Å². The maximum absolute atomic E-state index is 5.17. The molecule has 0 aliphatic rings. The van der Waals surface area contributed by atoms with Crippen molar-refractivity contribution in [1.29, 1.82) is 0 Å². The first-order valence-corrected chi connectivity index (χ1v) is 6.34. The fraction of sp³-hybridized carbons (Fsp3) is 0.400. The fourth-order valence-electron chi connectivity index (χ4n) is 2.10. The molecule has 2 rings (SSSR count). The van der Waals surface area contributed by atoms with Gasteiger partial charge in [-0.1, -0.05) is 37.2 Å². The predicted molar refractivity (Wildman–Crippen MR) is 73.8 cm³/mol. The second-order valence-corrected chi connectivity index (χ2v) is 4.90. The molecule has 0 fully saturated rings. The molecule has 2 aromatic rings. The maximum atomic E-state index is 5.17. The summed E-state index contributed by atoms with van der Waals surface area (Å²) < 4.78 is 5.17. The Kier molecular flexibility index (Phi) is 3.70. The lowest BCUT2D eigenvalue weighted by Gasteiger charge is -2.14. The van der Waals surface area contributed by atoms with Crippen molar-refractivity contribution in [3.8, 4) is 0 Å². The molecule has 0 saturated heterocycles. The van der Waals surface area contributed by atoms with Gasteiger partial charge in [-0.2, -0.15) is 0 Å². The fourth-order valence-corrected chi connectivity index (χ4v) is 2.10. The summed E-state index contributed by atoms with van der Waals surface area (Å²) in [4.78, 5) is 0. The van der Waals surface area contributed by atoms with Gasteiger partial charge in [0, 0.05) is 17.8 Å². The van der Waals surface area contributed by atoms with Gasteiger partial charge in [0.2, 0.25) is 0 Å². The smallest absolute Gasteiger partial charge is 0.138 e. The number of nitrogens with one attached hydrogen (secondary N) is 1. The molecule has 1 aromatic heterocycles. The summed E-state index contributed by atoms with van der Waals surface area (Å²) in [5, 5.41) is 7.45. The van der Waals surface area contributed by atoms with Crippen molar-refractivity contribution in [2.24, 2.45) is 0 Å². The highest BCUT2D eigenvalue weighted by Crippen LogP contribution is 2.24. The molecule has 3 heteroatoms. The summed E-state index contributed by atoms with van der Waals surface area (Å²) in [7, 11) is 0. The van der Waals surface area contributed by atoms with Crippen LogP contribution in [0.5, 0.6) is 0 Å². The van der Waals surface area contributed by atoms with Crippen molar-refractivity contribution in [3.63, 3.8) is 0 Å². The number of hydrogen-bond donors (Lipinski definition) is 1. The van der Waals surface area contributed by atoms with Gasteiger partial charge >= 0.3 is 0 Å². The van der Waals surface area contributed by atoms with Crippen LogP contribution in [0.2, 0.25) is 0 Å². The zero-order chi connectivity index (χ0) is 13.1. The summed E-state index contributed by atoms with van der Waals surface area (Å²) in [6.07, 6.45) is 0. The molecular formula is C15H20N2O. The largest absolute Gasteiger partial charge is 0.381 e. The Morgan fingerprint density at radius 1 is 1.22 bits per heavy atom. The Hall–Kier alpha value is -1.77. The number of para-hydroxylation sites is 1. The van der Waals surface area contributed by atoms with Gasteiger partial charge < -0.3 is 9.84 Å². The summed E-state index contributed by atoms with van der Waals surface area (Å²) in [5.41, 5.74) is 4.63. The van der Waals surface area contributed by atoms with Crippen LogP contribution in [-0.4, -0.2) is 5.16 Å². The van der Waals surface area contributed by atoms with Gasteiger partial charge in [-0.15, -0.1) is 0 Å². The summed E-state index contributed by atoms with van der Waals surface area (Å²) in [5.74, 6) is 1.40. The Morgan fingerprint density at radius 3 is 2.56 bits per heavy atom. The Labute approximate surface area is 108 Å². The normalized spacial score (nSPS) is 10.9. The first kappa shape index (κ1) is 12.7. The van der Waals surface area contributed by atoms with Crippen LogP contribution in [0.4, 0.5) is 5.69 Å². The standard InChI is InChI=1S/C15H20N2O/c1-10(2)13-7-5-6-8-15(13)16-9-14-11(3)17-18-12(14)4/h5-8,10,16H,9H2,1-4H3. The van der Waals surface area contributed by atoms with Crippen LogP contribution in [0.1, 0.15) is 42.3 Å². The third-order valence-corrected chi connectivity index (χ3v) is 3.22. The lowest BCUT2D eigenvalue weighted by atomic mass is 10.0. The number of rotatable bonds is 4. The van der Waals surface area contributed by atoms with E-state index in [4.69, 9.17) is 4.52 Å². The van der Waals surface area contributed by atoms with Crippen molar-refractivity contribution < 1.29 is 4.52 Å². The number of anilines is 1. The van der Waals surface area contributed by atoms with E-state index in [-0.39, 0.29) is 0 Å². The first-order valence-electron chi connectivity index (χ1n) is 6.34. The van der Waals surface area contributed by atoms with Gasteiger partial charge in [0.1, 0.15) is 5.76 Å². The van der Waals surface area contributed by atoms with E-state index in [0.29, 0.717) is 5.92 Å². The lowest BCUT2D eigenvalue weighted by Crippen LogP contribution is -2.04. The van der Waals surface area contributed by atoms with Gasteiger partial charge in [-0.25, -0.2) is 0 Å². The highest BCUT2D eigenvalue weighted by molar-refractivity contribution is 5.53. The molecule has 0 unspecified atom stereocenters. The first-order chi connectivity index (χ1) is 8.59. The van der Waals surface area contributed by atoms with Crippen molar-refractivity contribution in [2.75, 3.05) is 5.32 Å². The van der Waals surface area contributed by atoms with Gasteiger partial charge in [-0.05, 0) is 31.4 Å². The molecule has 1 N–H and O–H groups in total. The van der Waals surface area contributed by atoms with Gasteiger partial charge in [0.05, 0.1) is 5.69 Å². The molecule has 0 radical (unpaired) electrons. The van der Waals surface area contributed by atoms with Crippen molar-refractivity contribution in [2.45, 2.75) is 40.2 Å². The minimum atomic E-state index is 0.512. The average molecular weight is 244 g/mol. The molecule has 18 heavy (non-hydrogen) atoms. The third-order valence-electron chi connectivity index (χ3n) is 3.22. The highest BCUT2D eigenvalue weighted by Gasteiger charge is 2.10. The number of nitrogens with zero attached hydrogens (tertiary/aromatic N) is 1. The number of benzene rings is 1. The maximum Gasteiger partial charge on any atom is 0.138 e. The van der Waals surface area contributed by atoms with E-state index < -0.39 is 0 Å². The van der Waals surface area contributed by atoms with Crippen LogP contribution in [0.15, 0.2) is 28.8 Å². The van der Waals surface area contributed by atoms with Crippen LogP contribution in [0, 0.1) is 13.8 Å². The van der Waals surface area contributed by atoms with E-state index >= 15 is 0 Å². The molecule has 1 heterocycles. The van der Waals surface area contributed by atoms with Gasteiger partial charge in [0.15, 0.2) is 0 Å². The molecule has 3 nitrogen and oxygen atoms in total. The zero-order valence-corrected chi connectivity index (χ0v) is 11.4. The minimum Gasteiger partial charge on any atom is -0.381 e. The summed E-state index contributed by atoms with van der Waals surface area (Å²) in [6.45, 7) is 9.09. The number of aromatic nitrogens is 1.